The van der Waals surface area contributed by atoms with Crippen LogP contribution >= 0.6 is 11.6 Å². The van der Waals surface area contributed by atoms with E-state index in [4.69, 9.17) is 11.6 Å². The highest BCUT2D eigenvalue weighted by atomic mass is 35.5. The third-order valence-electron chi connectivity index (χ3n) is 4.98. The minimum Gasteiger partial charge on any atom is -0.240 e. The van der Waals surface area contributed by atoms with Crippen molar-refractivity contribution in [2.24, 2.45) is 0 Å². The fourth-order valence-corrected chi connectivity index (χ4v) is 3.70. The van der Waals surface area contributed by atoms with E-state index in [1.165, 1.54) is 0 Å². The number of alkyl halides is 3. The molecule has 0 bridgehead atoms. The summed E-state index contributed by atoms with van der Waals surface area (Å²) in [6.45, 7) is 6.17. The van der Waals surface area contributed by atoms with Gasteiger partial charge >= 0.3 is 6.18 Å². The van der Waals surface area contributed by atoms with Crippen LogP contribution in [0.4, 0.5) is 13.2 Å². The Balaban J connectivity index is 2.18. The highest BCUT2D eigenvalue weighted by Gasteiger charge is 2.31. The molecule has 0 aliphatic carbocycles. The van der Waals surface area contributed by atoms with Crippen molar-refractivity contribution in [3.05, 3.63) is 70.5 Å². The fraction of sp³-hybridized carbons (Fsp3) is 0.318. The molecule has 0 saturated heterocycles. The van der Waals surface area contributed by atoms with E-state index in [2.05, 4.69) is 18.9 Å². The van der Waals surface area contributed by atoms with Crippen molar-refractivity contribution >= 4 is 11.6 Å². The van der Waals surface area contributed by atoms with Gasteiger partial charge in [0.05, 0.1) is 16.9 Å². The molecule has 0 radical (unpaired) electrons. The largest absolute Gasteiger partial charge is 0.416 e. The standard InChI is InChI=1S/C22H22ClF3N2/c1-4-15(5-2)20-7-6-16(12-21(20)28-9-8-14(3)27-28)17-10-18(22(24,25)26)13-19(23)11-17/h6-13,15H,4-5H2,1-3H3. The van der Waals surface area contributed by atoms with Gasteiger partial charge in [-0.1, -0.05) is 37.6 Å². The molecular weight excluding hydrogens is 385 g/mol. The van der Waals surface area contributed by atoms with Crippen molar-refractivity contribution in [3.63, 3.8) is 0 Å². The first kappa shape index (κ1) is 20.5. The maximum atomic E-state index is 13.2. The Labute approximate surface area is 168 Å². The Bertz CT molecular complexity index is 972. The van der Waals surface area contributed by atoms with Crippen LogP contribution in [0, 0.1) is 6.92 Å². The van der Waals surface area contributed by atoms with Crippen molar-refractivity contribution < 1.29 is 13.2 Å². The molecule has 0 N–H and O–H groups in total. The van der Waals surface area contributed by atoms with Gasteiger partial charge in [0.1, 0.15) is 0 Å². The van der Waals surface area contributed by atoms with Crippen LogP contribution in [0.5, 0.6) is 0 Å². The van der Waals surface area contributed by atoms with Gasteiger partial charge in [-0.3, -0.25) is 0 Å². The summed E-state index contributed by atoms with van der Waals surface area (Å²) in [5, 5.41) is 4.57. The van der Waals surface area contributed by atoms with Crippen LogP contribution in [0.25, 0.3) is 16.8 Å². The van der Waals surface area contributed by atoms with Gasteiger partial charge in [0.25, 0.3) is 0 Å². The number of rotatable bonds is 5. The molecule has 0 aliphatic heterocycles. The molecule has 0 atom stereocenters. The molecule has 2 nitrogen and oxygen atoms in total. The van der Waals surface area contributed by atoms with E-state index in [1.54, 1.807) is 10.7 Å². The van der Waals surface area contributed by atoms with Crippen LogP contribution in [0.2, 0.25) is 5.02 Å². The highest BCUT2D eigenvalue weighted by Crippen LogP contribution is 2.37. The summed E-state index contributed by atoms with van der Waals surface area (Å²) in [6, 6.07) is 11.3. The van der Waals surface area contributed by atoms with Crippen LogP contribution in [0.15, 0.2) is 48.7 Å². The van der Waals surface area contributed by atoms with Crippen LogP contribution < -0.4 is 0 Å². The smallest absolute Gasteiger partial charge is 0.240 e. The molecule has 0 fully saturated rings. The van der Waals surface area contributed by atoms with Crippen molar-refractivity contribution in [3.8, 4) is 16.8 Å². The lowest BCUT2D eigenvalue weighted by Gasteiger charge is -2.19. The van der Waals surface area contributed by atoms with Gasteiger partial charge in [-0.15, -0.1) is 0 Å². The van der Waals surface area contributed by atoms with Gasteiger partial charge in [-0.25, -0.2) is 4.68 Å². The molecule has 2 aromatic carbocycles. The first-order valence-electron chi connectivity index (χ1n) is 9.27. The molecule has 0 aliphatic rings. The van der Waals surface area contributed by atoms with E-state index in [0.29, 0.717) is 17.0 Å². The van der Waals surface area contributed by atoms with Gasteiger partial charge < -0.3 is 0 Å². The van der Waals surface area contributed by atoms with Gasteiger partial charge in [0.2, 0.25) is 0 Å². The van der Waals surface area contributed by atoms with E-state index < -0.39 is 11.7 Å². The molecule has 0 amide bonds. The fourth-order valence-electron chi connectivity index (χ4n) is 3.46. The molecule has 1 aromatic heterocycles. The SMILES string of the molecule is CCC(CC)c1ccc(-c2cc(Cl)cc(C(F)(F)F)c2)cc1-n1ccc(C)n1. The summed E-state index contributed by atoms with van der Waals surface area (Å²) < 4.78 is 41.4. The second-order valence-electron chi connectivity index (χ2n) is 6.92. The third-order valence-corrected chi connectivity index (χ3v) is 5.20. The van der Waals surface area contributed by atoms with E-state index in [1.807, 2.05) is 37.4 Å². The van der Waals surface area contributed by atoms with Crippen LogP contribution in [-0.4, -0.2) is 9.78 Å². The summed E-state index contributed by atoms with van der Waals surface area (Å²) >= 11 is 5.98. The van der Waals surface area contributed by atoms with Gasteiger partial charge in [0, 0.05) is 11.2 Å². The molecule has 3 aromatic rings. The second kappa shape index (κ2) is 8.00. The molecular formula is C22H22ClF3N2. The summed E-state index contributed by atoms with van der Waals surface area (Å²) in [4.78, 5) is 0. The Hall–Kier alpha value is -2.27. The minimum atomic E-state index is -4.45. The Morgan fingerprint density at radius 2 is 1.71 bits per heavy atom. The normalized spacial score (nSPS) is 12.0. The topological polar surface area (TPSA) is 17.8 Å². The molecule has 148 valence electrons. The van der Waals surface area contributed by atoms with Crippen LogP contribution in [0.3, 0.4) is 0 Å². The van der Waals surface area contributed by atoms with Crippen molar-refractivity contribution in [1.29, 1.82) is 0 Å². The number of aryl methyl sites for hydroxylation is 1. The summed E-state index contributed by atoms with van der Waals surface area (Å²) in [5.41, 5.74) is 3.24. The lowest BCUT2D eigenvalue weighted by Crippen LogP contribution is -2.06. The van der Waals surface area contributed by atoms with Crippen molar-refractivity contribution in [2.75, 3.05) is 0 Å². The van der Waals surface area contributed by atoms with Gasteiger partial charge in [-0.05, 0) is 72.7 Å². The predicted molar refractivity (Wildman–Crippen MR) is 107 cm³/mol. The predicted octanol–water partition coefficient (Wildman–Crippen LogP) is 7.42. The molecule has 1 heterocycles. The average Bonchev–Trinajstić information content (AvgIpc) is 3.08. The second-order valence-corrected chi connectivity index (χ2v) is 7.35. The number of halogens is 4. The first-order chi connectivity index (χ1) is 13.2. The maximum absolute atomic E-state index is 13.2. The van der Waals surface area contributed by atoms with E-state index in [0.717, 1.165) is 41.9 Å². The molecule has 6 heteroatoms. The number of aromatic nitrogens is 2. The monoisotopic (exact) mass is 406 g/mol. The molecule has 0 unspecified atom stereocenters. The zero-order valence-corrected chi connectivity index (χ0v) is 16.8. The summed E-state index contributed by atoms with van der Waals surface area (Å²) in [5.74, 6) is 0.346. The van der Waals surface area contributed by atoms with Gasteiger partial charge in [0.15, 0.2) is 0 Å². The number of benzene rings is 2. The number of nitrogens with zero attached hydrogens (tertiary/aromatic N) is 2. The van der Waals surface area contributed by atoms with Gasteiger partial charge in [-0.2, -0.15) is 18.3 Å². The van der Waals surface area contributed by atoms with Crippen molar-refractivity contribution in [1.82, 2.24) is 9.78 Å². The van der Waals surface area contributed by atoms with E-state index in [-0.39, 0.29) is 5.02 Å². The lowest BCUT2D eigenvalue weighted by atomic mass is 9.90. The van der Waals surface area contributed by atoms with E-state index >= 15 is 0 Å². The molecule has 0 spiro atoms. The van der Waals surface area contributed by atoms with Crippen LogP contribution in [0.1, 0.15) is 49.4 Å². The third kappa shape index (κ3) is 4.25. The molecule has 3 rings (SSSR count). The highest BCUT2D eigenvalue weighted by molar-refractivity contribution is 6.31. The number of hydrogen-bond donors (Lipinski definition) is 0. The summed E-state index contributed by atoms with van der Waals surface area (Å²) in [6.07, 6.45) is -0.632. The lowest BCUT2D eigenvalue weighted by molar-refractivity contribution is -0.137. The zero-order valence-electron chi connectivity index (χ0n) is 16.0. The Morgan fingerprint density at radius 1 is 1.00 bits per heavy atom. The number of hydrogen-bond acceptors (Lipinski definition) is 1. The maximum Gasteiger partial charge on any atom is 0.416 e. The molecule has 0 saturated carbocycles. The first-order valence-corrected chi connectivity index (χ1v) is 9.65. The Kier molecular flexibility index (Phi) is 5.84. The average molecular weight is 407 g/mol. The minimum absolute atomic E-state index is 0.0605. The summed E-state index contributed by atoms with van der Waals surface area (Å²) in [7, 11) is 0. The Morgan fingerprint density at radius 3 is 2.29 bits per heavy atom. The van der Waals surface area contributed by atoms with Crippen LogP contribution in [-0.2, 0) is 6.18 Å². The van der Waals surface area contributed by atoms with Crippen molar-refractivity contribution in [2.45, 2.75) is 45.7 Å². The molecule has 28 heavy (non-hydrogen) atoms. The zero-order chi connectivity index (χ0) is 20.5. The quantitative estimate of drug-likeness (QED) is 0.431. The van der Waals surface area contributed by atoms with E-state index in [9.17, 15) is 13.2 Å².